The molecule has 0 saturated carbocycles. The average molecular weight is 312 g/mol. The molecule has 0 aromatic carbocycles. The van der Waals surface area contributed by atoms with Crippen molar-refractivity contribution in [1.29, 1.82) is 5.26 Å². The van der Waals surface area contributed by atoms with Crippen LogP contribution in [0.15, 0.2) is 9.59 Å². The predicted molar refractivity (Wildman–Crippen MR) is 83.7 cm³/mol. The Morgan fingerprint density at radius 2 is 2.10 bits per heavy atom. The highest BCUT2D eigenvalue weighted by Crippen LogP contribution is 2.24. The molecule has 6 nitrogen and oxygen atoms in total. The Labute approximate surface area is 125 Å². The number of aromatic nitrogens is 2. The summed E-state index contributed by atoms with van der Waals surface area (Å²) in [5.41, 5.74) is -0.992. The number of thioether (sulfide) groups is 2. The Morgan fingerprint density at radius 3 is 2.70 bits per heavy atom. The second-order valence-corrected chi connectivity index (χ2v) is 7.05. The van der Waals surface area contributed by atoms with Gasteiger partial charge in [-0.25, -0.2) is 4.79 Å². The van der Waals surface area contributed by atoms with Crippen LogP contribution in [0, 0.1) is 11.3 Å². The molecule has 1 aromatic heterocycles. The summed E-state index contributed by atoms with van der Waals surface area (Å²) >= 11 is 3.78. The summed E-state index contributed by atoms with van der Waals surface area (Å²) in [6.45, 7) is 0.646. The molecule has 0 radical (unpaired) electrons. The summed E-state index contributed by atoms with van der Waals surface area (Å²) in [5.74, 6) is 3.63. The van der Waals surface area contributed by atoms with Crippen molar-refractivity contribution in [2.45, 2.75) is 5.25 Å². The summed E-state index contributed by atoms with van der Waals surface area (Å²) in [7, 11) is 2.94. The summed E-state index contributed by atoms with van der Waals surface area (Å²) in [4.78, 5) is 23.8. The van der Waals surface area contributed by atoms with Crippen molar-refractivity contribution in [3.63, 3.8) is 0 Å². The quantitative estimate of drug-likeness (QED) is 0.860. The fourth-order valence-electron chi connectivity index (χ4n) is 2.02. The van der Waals surface area contributed by atoms with Gasteiger partial charge >= 0.3 is 5.69 Å². The van der Waals surface area contributed by atoms with Gasteiger partial charge in [-0.2, -0.15) is 28.8 Å². The fraction of sp³-hybridized carbons (Fsp3) is 0.583. The molecule has 1 saturated heterocycles. The maximum atomic E-state index is 11.9. The molecular weight excluding hydrogens is 296 g/mol. The van der Waals surface area contributed by atoms with Gasteiger partial charge in [-0.05, 0) is 0 Å². The number of hydrogen-bond donors (Lipinski definition) is 1. The number of anilines is 1. The lowest BCUT2D eigenvalue weighted by Crippen LogP contribution is -2.40. The van der Waals surface area contributed by atoms with Crippen molar-refractivity contribution in [3.05, 3.63) is 26.4 Å². The van der Waals surface area contributed by atoms with Crippen LogP contribution >= 0.6 is 23.5 Å². The lowest BCUT2D eigenvalue weighted by Gasteiger charge is -2.22. The molecule has 1 N–H and O–H groups in total. The zero-order valence-corrected chi connectivity index (χ0v) is 13.0. The lowest BCUT2D eigenvalue weighted by atomic mass is 10.3. The molecule has 108 valence electrons. The van der Waals surface area contributed by atoms with Crippen LogP contribution in [0.1, 0.15) is 5.56 Å². The third kappa shape index (κ3) is 2.88. The van der Waals surface area contributed by atoms with Gasteiger partial charge in [0.25, 0.3) is 5.56 Å². The standard InChI is InChI=1S/C12H16N4O2S2/c1-15-10(14-6-8-7-19-3-4-20-8)9(5-13)11(17)16(2)12(15)18/h8,14H,3-4,6-7H2,1-2H3. The van der Waals surface area contributed by atoms with Crippen molar-refractivity contribution in [1.82, 2.24) is 9.13 Å². The Hall–Kier alpha value is -1.33. The van der Waals surface area contributed by atoms with Crippen molar-refractivity contribution >= 4 is 29.3 Å². The number of hydrogen-bond acceptors (Lipinski definition) is 6. The van der Waals surface area contributed by atoms with Crippen molar-refractivity contribution in [3.8, 4) is 6.07 Å². The smallest absolute Gasteiger partial charge is 0.332 e. The molecule has 0 aliphatic carbocycles. The molecule has 1 fully saturated rings. The molecule has 2 rings (SSSR count). The largest absolute Gasteiger partial charge is 0.369 e. The van der Waals surface area contributed by atoms with Crippen LogP contribution in [-0.2, 0) is 14.1 Å². The molecular formula is C12H16N4O2S2. The Kier molecular flexibility index (Phi) is 4.83. The van der Waals surface area contributed by atoms with E-state index in [2.05, 4.69) is 5.32 Å². The van der Waals surface area contributed by atoms with Gasteiger partial charge in [-0.15, -0.1) is 0 Å². The molecule has 0 spiro atoms. The van der Waals surface area contributed by atoms with Gasteiger partial charge in [0.1, 0.15) is 11.9 Å². The normalized spacial score (nSPS) is 18.6. The predicted octanol–water partition coefficient (Wildman–Crippen LogP) is 0.216. The van der Waals surface area contributed by atoms with E-state index in [1.54, 1.807) is 7.05 Å². The van der Waals surface area contributed by atoms with E-state index < -0.39 is 11.2 Å². The summed E-state index contributed by atoms with van der Waals surface area (Å²) in [6.07, 6.45) is 0. The van der Waals surface area contributed by atoms with Crippen LogP contribution in [0.25, 0.3) is 0 Å². The molecule has 2 heterocycles. The van der Waals surface area contributed by atoms with Crippen LogP contribution in [0.3, 0.4) is 0 Å². The zero-order valence-electron chi connectivity index (χ0n) is 11.4. The SMILES string of the molecule is Cn1c(NCC2CSCCS2)c(C#N)c(=O)n(C)c1=O. The molecule has 0 bridgehead atoms. The summed E-state index contributed by atoms with van der Waals surface area (Å²) in [6, 6.07) is 1.89. The molecule has 8 heteroatoms. The van der Waals surface area contributed by atoms with E-state index >= 15 is 0 Å². The van der Waals surface area contributed by atoms with Gasteiger partial charge in [-0.1, -0.05) is 0 Å². The van der Waals surface area contributed by atoms with Gasteiger partial charge in [0.15, 0.2) is 5.56 Å². The molecule has 20 heavy (non-hydrogen) atoms. The monoisotopic (exact) mass is 312 g/mol. The third-order valence-corrected chi connectivity index (χ3v) is 6.00. The van der Waals surface area contributed by atoms with E-state index in [1.165, 1.54) is 11.6 Å². The zero-order chi connectivity index (χ0) is 14.7. The first-order chi connectivity index (χ1) is 9.56. The Balaban J connectivity index is 2.29. The first kappa shape index (κ1) is 15.1. The maximum absolute atomic E-state index is 11.9. The topological polar surface area (TPSA) is 79.8 Å². The van der Waals surface area contributed by atoms with Crippen LogP contribution in [0.2, 0.25) is 0 Å². The van der Waals surface area contributed by atoms with E-state index in [0.717, 1.165) is 21.8 Å². The molecule has 1 aliphatic heterocycles. The third-order valence-electron chi connectivity index (χ3n) is 3.16. The molecule has 1 aliphatic rings. The molecule has 1 aromatic rings. The first-order valence-electron chi connectivity index (χ1n) is 6.19. The highest BCUT2D eigenvalue weighted by molar-refractivity contribution is 8.06. The van der Waals surface area contributed by atoms with Gasteiger partial charge in [-0.3, -0.25) is 13.9 Å². The van der Waals surface area contributed by atoms with Crippen molar-refractivity contribution < 1.29 is 0 Å². The highest BCUT2D eigenvalue weighted by atomic mass is 32.2. The van der Waals surface area contributed by atoms with Gasteiger partial charge in [0.2, 0.25) is 0 Å². The number of nitriles is 1. The number of rotatable bonds is 3. The summed E-state index contributed by atoms with van der Waals surface area (Å²) < 4.78 is 2.27. The fourth-order valence-corrected chi connectivity index (χ4v) is 4.63. The first-order valence-corrected chi connectivity index (χ1v) is 8.40. The second-order valence-electron chi connectivity index (χ2n) is 4.49. The maximum Gasteiger partial charge on any atom is 0.332 e. The average Bonchev–Trinajstić information content (AvgIpc) is 2.48. The van der Waals surface area contributed by atoms with Crippen molar-refractivity contribution in [2.75, 3.05) is 29.1 Å². The molecule has 1 unspecified atom stereocenters. The minimum absolute atomic E-state index is 0.0111. The van der Waals surface area contributed by atoms with Crippen LogP contribution in [0.4, 0.5) is 5.82 Å². The van der Waals surface area contributed by atoms with E-state index in [9.17, 15) is 9.59 Å². The number of nitrogens with one attached hydrogen (secondary N) is 1. The van der Waals surface area contributed by atoms with Crippen LogP contribution in [-0.4, -0.2) is 38.2 Å². The van der Waals surface area contributed by atoms with E-state index in [-0.39, 0.29) is 5.56 Å². The van der Waals surface area contributed by atoms with Crippen LogP contribution < -0.4 is 16.6 Å². The van der Waals surface area contributed by atoms with E-state index in [0.29, 0.717) is 17.6 Å². The highest BCUT2D eigenvalue weighted by Gasteiger charge is 2.18. The van der Waals surface area contributed by atoms with Crippen LogP contribution in [0.5, 0.6) is 0 Å². The second kappa shape index (κ2) is 6.41. The number of nitrogens with zero attached hydrogens (tertiary/aromatic N) is 3. The minimum Gasteiger partial charge on any atom is -0.369 e. The Morgan fingerprint density at radius 1 is 1.35 bits per heavy atom. The van der Waals surface area contributed by atoms with Gasteiger partial charge in [0.05, 0.1) is 0 Å². The van der Waals surface area contributed by atoms with Gasteiger partial charge in [0, 0.05) is 43.1 Å². The molecule has 1 atom stereocenters. The Bertz CT molecular complexity index is 653. The van der Waals surface area contributed by atoms with E-state index in [4.69, 9.17) is 5.26 Å². The van der Waals surface area contributed by atoms with E-state index in [1.807, 2.05) is 29.6 Å². The molecule has 0 amide bonds. The minimum atomic E-state index is -0.552. The van der Waals surface area contributed by atoms with Crippen molar-refractivity contribution in [2.24, 2.45) is 14.1 Å². The summed E-state index contributed by atoms with van der Waals surface area (Å²) in [5, 5.41) is 12.7. The lowest BCUT2D eigenvalue weighted by molar-refractivity contribution is 0.685. The van der Waals surface area contributed by atoms with Gasteiger partial charge < -0.3 is 5.32 Å².